The monoisotopic (exact) mass is 334 g/mol. The van der Waals surface area contributed by atoms with Crippen LogP contribution in [-0.2, 0) is 0 Å². The Labute approximate surface area is 108 Å². The van der Waals surface area contributed by atoms with Crippen LogP contribution in [-0.4, -0.2) is 25.5 Å². The molecule has 1 aromatic carbocycles. The Balaban J connectivity index is 2.95. The molecule has 0 radical (unpaired) electrons. The molecule has 15 heavy (non-hydrogen) atoms. The van der Waals surface area contributed by atoms with Crippen LogP contribution in [0.25, 0.3) is 0 Å². The third kappa shape index (κ3) is 3.55. The zero-order chi connectivity index (χ0) is 11.4. The quantitative estimate of drug-likeness (QED) is 0.915. The summed E-state index contributed by atoms with van der Waals surface area (Å²) in [5.74, 6) is 0. The van der Waals surface area contributed by atoms with Gasteiger partial charge < -0.3 is 10.6 Å². The largest absolute Gasteiger partial charge is 0.330 e. The first-order chi connectivity index (χ1) is 7.06. The minimum atomic E-state index is 0.388. The Morgan fingerprint density at radius 2 is 1.93 bits per heavy atom. The van der Waals surface area contributed by atoms with E-state index in [1.807, 2.05) is 0 Å². The van der Waals surface area contributed by atoms with Crippen molar-refractivity contribution in [3.05, 3.63) is 32.7 Å². The molecule has 4 heteroatoms. The van der Waals surface area contributed by atoms with E-state index in [0.717, 1.165) is 15.4 Å². The zero-order valence-electron chi connectivity index (χ0n) is 9.00. The van der Waals surface area contributed by atoms with Gasteiger partial charge in [-0.15, -0.1) is 0 Å². The number of hydrogen-bond acceptors (Lipinski definition) is 2. The smallest absolute Gasteiger partial charge is 0.0354 e. The predicted molar refractivity (Wildman–Crippen MR) is 71.9 cm³/mol. The van der Waals surface area contributed by atoms with Crippen molar-refractivity contribution in [1.82, 2.24) is 4.90 Å². The average molecular weight is 336 g/mol. The lowest BCUT2D eigenvalue weighted by Crippen LogP contribution is -2.22. The molecular weight excluding hydrogens is 320 g/mol. The Bertz CT molecular complexity index is 326. The second-order valence-electron chi connectivity index (χ2n) is 3.73. The molecule has 0 heterocycles. The van der Waals surface area contributed by atoms with Crippen LogP contribution in [0.15, 0.2) is 27.1 Å². The SMILES string of the molecule is CN(C)C(CCN)c1ccc(Br)c(Br)c1. The molecule has 1 aromatic rings. The van der Waals surface area contributed by atoms with E-state index in [-0.39, 0.29) is 0 Å². The van der Waals surface area contributed by atoms with Gasteiger partial charge in [0.25, 0.3) is 0 Å². The molecular formula is C11H16Br2N2. The van der Waals surface area contributed by atoms with Crippen LogP contribution in [0, 0.1) is 0 Å². The van der Waals surface area contributed by atoms with E-state index in [1.54, 1.807) is 0 Å². The van der Waals surface area contributed by atoms with Crippen LogP contribution < -0.4 is 5.73 Å². The van der Waals surface area contributed by atoms with Gasteiger partial charge in [-0.2, -0.15) is 0 Å². The van der Waals surface area contributed by atoms with Gasteiger partial charge in [0.1, 0.15) is 0 Å². The molecule has 1 atom stereocenters. The molecule has 0 aliphatic carbocycles. The number of hydrogen-bond donors (Lipinski definition) is 1. The highest BCUT2D eigenvalue weighted by Crippen LogP contribution is 2.29. The van der Waals surface area contributed by atoms with Gasteiger partial charge in [-0.25, -0.2) is 0 Å². The second-order valence-corrected chi connectivity index (χ2v) is 5.44. The Kier molecular flexibility index (Phi) is 5.26. The van der Waals surface area contributed by atoms with Gasteiger partial charge in [0.15, 0.2) is 0 Å². The summed E-state index contributed by atoms with van der Waals surface area (Å²) in [6, 6.07) is 6.73. The van der Waals surface area contributed by atoms with Crippen LogP contribution >= 0.6 is 31.9 Å². The fraction of sp³-hybridized carbons (Fsp3) is 0.455. The molecule has 0 spiro atoms. The van der Waals surface area contributed by atoms with Crippen molar-refractivity contribution in [2.24, 2.45) is 5.73 Å². The van der Waals surface area contributed by atoms with Gasteiger partial charge in [-0.1, -0.05) is 6.07 Å². The van der Waals surface area contributed by atoms with E-state index in [0.29, 0.717) is 12.6 Å². The maximum absolute atomic E-state index is 5.62. The van der Waals surface area contributed by atoms with Crippen LogP contribution in [0.5, 0.6) is 0 Å². The minimum absolute atomic E-state index is 0.388. The number of nitrogens with zero attached hydrogens (tertiary/aromatic N) is 1. The van der Waals surface area contributed by atoms with Crippen LogP contribution in [0.4, 0.5) is 0 Å². The van der Waals surface area contributed by atoms with Crippen LogP contribution in [0.3, 0.4) is 0 Å². The summed E-state index contributed by atoms with van der Waals surface area (Å²) in [6.45, 7) is 0.705. The normalized spacial score (nSPS) is 13.2. The topological polar surface area (TPSA) is 29.3 Å². The number of halogens is 2. The Morgan fingerprint density at radius 1 is 1.27 bits per heavy atom. The molecule has 0 aliphatic heterocycles. The second kappa shape index (κ2) is 5.99. The average Bonchev–Trinajstić information content (AvgIpc) is 2.18. The third-order valence-electron chi connectivity index (χ3n) is 2.39. The molecule has 84 valence electrons. The molecule has 2 N–H and O–H groups in total. The maximum Gasteiger partial charge on any atom is 0.0354 e. The molecule has 0 saturated heterocycles. The zero-order valence-corrected chi connectivity index (χ0v) is 12.2. The highest BCUT2D eigenvalue weighted by atomic mass is 79.9. The fourth-order valence-electron chi connectivity index (χ4n) is 1.60. The standard InChI is InChI=1S/C11H16Br2N2/c1-15(2)11(5-6-14)8-3-4-9(12)10(13)7-8/h3-4,7,11H,5-6,14H2,1-2H3. The molecule has 1 unspecified atom stereocenters. The molecule has 0 aromatic heterocycles. The van der Waals surface area contributed by atoms with Gasteiger partial charge >= 0.3 is 0 Å². The molecule has 0 saturated carbocycles. The summed E-state index contributed by atoms with van der Waals surface area (Å²) in [5.41, 5.74) is 6.92. The molecule has 2 nitrogen and oxygen atoms in total. The number of benzene rings is 1. The van der Waals surface area contributed by atoms with E-state index < -0.39 is 0 Å². The summed E-state index contributed by atoms with van der Waals surface area (Å²) in [4.78, 5) is 2.20. The van der Waals surface area contributed by atoms with Crippen molar-refractivity contribution in [2.45, 2.75) is 12.5 Å². The van der Waals surface area contributed by atoms with Gasteiger partial charge in [0.2, 0.25) is 0 Å². The first-order valence-electron chi connectivity index (χ1n) is 4.87. The predicted octanol–water partition coefficient (Wildman–Crippen LogP) is 3.16. The van der Waals surface area contributed by atoms with E-state index in [1.165, 1.54) is 5.56 Å². The van der Waals surface area contributed by atoms with Crippen molar-refractivity contribution in [2.75, 3.05) is 20.6 Å². The summed E-state index contributed by atoms with van der Waals surface area (Å²) in [7, 11) is 4.16. The van der Waals surface area contributed by atoms with Crippen molar-refractivity contribution >= 4 is 31.9 Å². The Morgan fingerprint density at radius 3 is 2.40 bits per heavy atom. The molecule has 0 bridgehead atoms. The number of nitrogens with two attached hydrogens (primary N) is 1. The summed E-state index contributed by atoms with van der Waals surface area (Å²) >= 11 is 6.99. The summed E-state index contributed by atoms with van der Waals surface area (Å²) in [5, 5.41) is 0. The van der Waals surface area contributed by atoms with Crippen molar-refractivity contribution in [1.29, 1.82) is 0 Å². The minimum Gasteiger partial charge on any atom is -0.330 e. The van der Waals surface area contributed by atoms with Gasteiger partial charge in [0, 0.05) is 15.0 Å². The highest BCUT2D eigenvalue weighted by molar-refractivity contribution is 9.13. The third-order valence-corrected chi connectivity index (χ3v) is 4.27. The lowest BCUT2D eigenvalue weighted by molar-refractivity contribution is 0.287. The van der Waals surface area contributed by atoms with E-state index in [9.17, 15) is 0 Å². The molecule has 0 amide bonds. The van der Waals surface area contributed by atoms with E-state index >= 15 is 0 Å². The maximum atomic E-state index is 5.62. The highest BCUT2D eigenvalue weighted by Gasteiger charge is 2.13. The van der Waals surface area contributed by atoms with E-state index in [2.05, 4.69) is 69.1 Å². The summed E-state index contributed by atoms with van der Waals surface area (Å²) < 4.78 is 2.17. The summed E-state index contributed by atoms with van der Waals surface area (Å²) in [6.07, 6.45) is 0.973. The first kappa shape index (κ1) is 13.2. The number of rotatable bonds is 4. The lowest BCUT2D eigenvalue weighted by Gasteiger charge is -2.24. The molecule has 0 aliphatic rings. The van der Waals surface area contributed by atoms with Crippen LogP contribution in [0.1, 0.15) is 18.0 Å². The van der Waals surface area contributed by atoms with Crippen molar-refractivity contribution < 1.29 is 0 Å². The van der Waals surface area contributed by atoms with E-state index in [4.69, 9.17) is 5.73 Å². The van der Waals surface area contributed by atoms with Crippen LogP contribution in [0.2, 0.25) is 0 Å². The lowest BCUT2D eigenvalue weighted by atomic mass is 10.0. The van der Waals surface area contributed by atoms with Gasteiger partial charge in [0.05, 0.1) is 0 Å². The molecule has 1 rings (SSSR count). The van der Waals surface area contributed by atoms with Gasteiger partial charge in [-0.3, -0.25) is 0 Å². The first-order valence-corrected chi connectivity index (χ1v) is 6.46. The van der Waals surface area contributed by atoms with Gasteiger partial charge in [-0.05, 0) is 76.6 Å². The fourth-order valence-corrected chi connectivity index (χ4v) is 2.24. The van der Waals surface area contributed by atoms with Crippen molar-refractivity contribution in [3.63, 3.8) is 0 Å². The Hall–Kier alpha value is 0.1000. The van der Waals surface area contributed by atoms with Crippen molar-refractivity contribution in [3.8, 4) is 0 Å². The molecule has 0 fully saturated rings.